The molecule has 0 N–H and O–H groups in total. The van der Waals surface area contributed by atoms with E-state index >= 15 is 0 Å². The molecule has 0 amide bonds. The Kier molecular flexibility index (Phi) is 3.11. The van der Waals surface area contributed by atoms with Gasteiger partial charge in [-0.05, 0) is 24.8 Å². The van der Waals surface area contributed by atoms with Gasteiger partial charge in [0.05, 0.1) is 5.92 Å². The van der Waals surface area contributed by atoms with Gasteiger partial charge in [0, 0.05) is 11.5 Å². The Hall–Kier alpha value is -1.31. The van der Waals surface area contributed by atoms with E-state index in [0.717, 1.165) is 24.2 Å². The third-order valence-electron chi connectivity index (χ3n) is 4.38. The van der Waals surface area contributed by atoms with E-state index in [2.05, 4.69) is 6.92 Å². The van der Waals surface area contributed by atoms with Crippen LogP contribution in [0, 0.1) is 11.8 Å². The first-order valence-electron chi connectivity index (χ1n) is 7.01. The summed E-state index contributed by atoms with van der Waals surface area (Å²) < 4.78 is 5.63. The number of para-hydroxylation sites is 1. The molecule has 2 nitrogen and oxygen atoms in total. The molecule has 1 aromatic rings. The van der Waals surface area contributed by atoms with E-state index in [1.807, 2.05) is 24.3 Å². The number of ether oxygens (including phenoxy) is 1. The summed E-state index contributed by atoms with van der Waals surface area (Å²) in [4.78, 5) is 12.6. The maximum atomic E-state index is 12.6. The molecule has 96 valence electrons. The van der Waals surface area contributed by atoms with Crippen LogP contribution in [-0.4, -0.2) is 12.4 Å². The molecule has 1 aliphatic carbocycles. The molecule has 3 rings (SSSR count). The first-order chi connectivity index (χ1) is 8.75. The minimum atomic E-state index is -0.0171. The molecule has 1 saturated carbocycles. The fraction of sp³-hybridized carbons (Fsp3) is 0.562. The van der Waals surface area contributed by atoms with Gasteiger partial charge in [0.25, 0.3) is 0 Å². The van der Waals surface area contributed by atoms with Gasteiger partial charge in [0.15, 0.2) is 0 Å². The van der Waals surface area contributed by atoms with Gasteiger partial charge in [-0.2, -0.15) is 0 Å². The molecule has 0 radical (unpaired) electrons. The number of benzene rings is 1. The molecule has 3 unspecified atom stereocenters. The monoisotopic (exact) mass is 244 g/mol. The molecule has 0 bridgehead atoms. The minimum Gasteiger partial charge on any atom is -0.492 e. The van der Waals surface area contributed by atoms with Gasteiger partial charge in [-0.3, -0.25) is 4.79 Å². The van der Waals surface area contributed by atoms with E-state index in [1.165, 1.54) is 12.8 Å². The van der Waals surface area contributed by atoms with Crippen LogP contribution in [0.3, 0.4) is 0 Å². The average molecular weight is 244 g/mol. The Morgan fingerprint density at radius 2 is 2.11 bits per heavy atom. The van der Waals surface area contributed by atoms with Gasteiger partial charge in [-0.1, -0.05) is 38.0 Å². The highest BCUT2D eigenvalue weighted by Crippen LogP contribution is 2.39. The summed E-state index contributed by atoms with van der Waals surface area (Å²) in [5.74, 6) is 2.25. The third-order valence-corrected chi connectivity index (χ3v) is 4.38. The summed E-state index contributed by atoms with van der Waals surface area (Å²) in [5, 5.41) is 0. The molecule has 0 spiro atoms. The van der Waals surface area contributed by atoms with Crippen molar-refractivity contribution in [1.82, 2.24) is 0 Å². The first kappa shape index (κ1) is 11.8. The van der Waals surface area contributed by atoms with E-state index < -0.39 is 0 Å². The molecule has 0 saturated heterocycles. The highest BCUT2D eigenvalue weighted by molar-refractivity contribution is 5.89. The zero-order valence-corrected chi connectivity index (χ0v) is 10.9. The van der Waals surface area contributed by atoms with E-state index in [0.29, 0.717) is 18.3 Å². The van der Waals surface area contributed by atoms with Gasteiger partial charge in [-0.15, -0.1) is 0 Å². The second kappa shape index (κ2) is 4.75. The predicted octanol–water partition coefficient (Wildman–Crippen LogP) is 3.56. The second-order valence-electron chi connectivity index (χ2n) is 5.77. The number of hydrogen-bond acceptors (Lipinski definition) is 2. The minimum absolute atomic E-state index is 0.0171. The molecule has 2 heteroatoms. The highest BCUT2D eigenvalue weighted by Gasteiger charge is 2.35. The van der Waals surface area contributed by atoms with Gasteiger partial charge >= 0.3 is 0 Å². The van der Waals surface area contributed by atoms with Crippen molar-refractivity contribution in [2.75, 3.05) is 6.61 Å². The lowest BCUT2D eigenvalue weighted by molar-refractivity contribution is -0.125. The summed E-state index contributed by atoms with van der Waals surface area (Å²) in [6, 6.07) is 7.97. The van der Waals surface area contributed by atoms with Crippen LogP contribution in [0.1, 0.15) is 44.1 Å². The fourth-order valence-corrected chi connectivity index (χ4v) is 3.38. The highest BCUT2D eigenvalue weighted by atomic mass is 16.5. The van der Waals surface area contributed by atoms with Crippen molar-refractivity contribution < 1.29 is 9.53 Å². The fourth-order valence-electron chi connectivity index (χ4n) is 3.38. The van der Waals surface area contributed by atoms with Gasteiger partial charge in [0.1, 0.15) is 18.1 Å². The smallest absolute Gasteiger partial charge is 0.146 e. The van der Waals surface area contributed by atoms with Crippen molar-refractivity contribution in [2.45, 2.75) is 38.5 Å². The van der Waals surface area contributed by atoms with Gasteiger partial charge < -0.3 is 4.74 Å². The molecule has 3 atom stereocenters. The van der Waals surface area contributed by atoms with Crippen LogP contribution in [-0.2, 0) is 4.79 Å². The molecule has 18 heavy (non-hydrogen) atoms. The summed E-state index contributed by atoms with van der Waals surface area (Å²) in [5.41, 5.74) is 1.10. The molecule has 1 aromatic carbocycles. The van der Waals surface area contributed by atoms with Crippen LogP contribution in [0.4, 0.5) is 0 Å². The lowest BCUT2D eigenvalue weighted by atomic mass is 9.76. The van der Waals surface area contributed by atoms with Crippen LogP contribution in [0.25, 0.3) is 0 Å². The molecule has 2 aliphatic rings. The Morgan fingerprint density at radius 1 is 1.28 bits per heavy atom. The Balaban J connectivity index is 1.78. The van der Waals surface area contributed by atoms with Crippen LogP contribution < -0.4 is 4.74 Å². The number of ketones is 1. The largest absolute Gasteiger partial charge is 0.492 e. The molecule has 1 heterocycles. The molecule has 0 aromatic heterocycles. The van der Waals surface area contributed by atoms with E-state index in [1.54, 1.807) is 0 Å². The summed E-state index contributed by atoms with van der Waals surface area (Å²) >= 11 is 0. The Labute approximate surface area is 108 Å². The zero-order valence-electron chi connectivity index (χ0n) is 10.9. The topological polar surface area (TPSA) is 26.3 Å². The summed E-state index contributed by atoms with van der Waals surface area (Å²) in [6.45, 7) is 2.81. The van der Waals surface area contributed by atoms with Crippen LogP contribution in [0.15, 0.2) is 24.3 Å². The average Bonchev–Trinajstić information content (AvgIpc) is 2.82. The maximum absolute atomic E-state index is 12.6. The van der Waals surface area contributed by atoms with Gasteiger partial charge in [0.2, 0.25) is 0 Å². The number of carbonyl (C=O) groups is 1. The molecular weight excluding hydrogens is 224 g/mol. The maximum Gasteiger partial charge on any atom is 0.146 e. The van der Waals surface area contributed by atoms with E-state index in [9.17, 15) is 4.79 Å². The number of rotatable bonds is 2. The lowest BCUT2D eigenvalue weighted by Gasteiger charge is -2.27. The zero-order chi connectivity index (χ0) is 12.5. The Morgan fingerprint density at radius 3 is 2.94 bits per heavy atom. The molecular formula is C16H20O2. The van der Waals surface area contributed by atoms with Crippen molar-refractivity contribution in [3.05, 3.63) is 29.8 Å². The number of carbonyl (C=O) groups excluding carboxylic acids is 1. The summed E-state index contributed by atoms with van der Waals surface area (Å²) in [6.07, 6.45) is 4.62. The van der Waals surface area contributed by atoms with Crippen LogP contribution in [0.5, 0.6) is 5.75 Å². The quantitative estimate of drug-likeness (QED) is 0.795. The SMILES string of the molecule is CC1CCCC(C(=O)C2COc3ccccc32)C1. The van der Waals surface area contributed by atoms with E-state index in [4.69, 9.17) is 4.74 Å². The normalized spacial score (nSPS) is 30.6. The molecule has 1 fully saturated rings. The van der Waals surface area contributed by atoms with Crippen molar-refractivity contribution in [3.63, 3.8) is 0 Å². The first-order valence-corrected chi connectivity index (χ1v) is 7.01. The van der Waals surface area contributed by atoms with Crippen molar-refractivity contribution in [3.8, 4) is 5.75 Å². The Bertz CT molecular complexity index is 452. The predicted molar refractivity (Wildman–Crippen MR) is 70.8 cm³/mol. The van der Waals surface area contributed by atoms with Crippen LogP contribution in [0.2, 0.25) is 0 Å². The number of Topliss-reactive ketones (excluding diaryl/α,β-unsaturated/α-hetero) is 1. The summed E-state index contributed by atoms with van der Waals surface area (Å²) in [7, 11) is 0. The molecule has 1 aliphatic heterocycles. The van der Waals surface area contributed by atoms with Crippen LogP contribution >= 0.6 is 0 Å². The standard InChI is InChI=1S/C16H20O2/c1-11-5-4-6-12(9-11)16(17)14-10-18-15-8-3-2-7-13(14)15/h2-3,7-8,11-12,14H,4-6,9-10H2,1H3. The third kappa shape index (κ3) is 2.05. The van der Waals surface area contributed by atoms with Gasteiger partial charge in [-0.25, -0.2) is 0 Å². The van der Waals surface area contributed by atoms with Crippen molar-refractivity contribution >= 4 is 5.78 Å². The second-order valence-corrected chi connectivity index (χ2v) is 5.77. The van der Waals surface area contributed by atoms with Crippen molar-refractivity contribution in [2.24, 2.45) is 11.8 Å². The number of hydrogen-bond donors (Lipinski definition) is 0. The lowest BCUT2D eigenvalue weighted by Crippen LogP contribution is -2.27. The van der Waals surface area contributed by atoms with E-state index in [-0.39, 0.29) is 11.8 Å². The van der Waals surface area contributed by atoms with Crippen molar-refractivity contribution in [1.29, 1.82) is 0 Å². The number of fused-ring (bicyclic) bond motifs is 1.